The van der Waals surface area contributed by atoms with E-state index in [9.17, 15) is 0 Å². The molecule has 0 N–H and O–H groups in total. The maximum absolute atomic E-state index is 4.68. The van der Waals surface area contributed by atoms with Crippen molar-refractivity contribution in [2.24, 2.45) is 0 Å². The van der Waals surface area contributed by atoms with Crippen LogP contribution in [0.4, 0.5) is 0 Å². The molecule has 0 aromatic rings. The number of methoxy groups -OCH3 is 2. The summed E-state index contributed by atoms with van der Waals surface area (Å²) in [4.78, 5) is 0. The number of hydrogen-bond acceptors (Lipinski definition) is 2. The molecule has 0 rings (SSSR count). The van der Waals surface area contributed by atoms with Crippen molar-refractivity contribution in [2.75, 3.05) is 14.2 Å². The Morgan fingerprint density at radius 1 is 0.900 bits per heavy atom. The van der Waals surface area contributed by atoms with Crippen molar-refractivity contribution < 1.29 is 9.47 Å². The molecule has 0 amide bonds. The quantitative estimate of drug-likeness (QED) is 0.303. The molecule has 0 aliphatic carbocycles. The number of rotatable bonds is 2. The van der Waals surface area contributed by atoms with Gasteiger partial charge in [-0.25, -0.2) is 0 Å². The zero-order chi connectivity index (χ0) is 4.99. The van der Waals surface area contributed by atoms with Crippen LogP contribution in [0.1, 0.15) is 6.92 Å². The zero-order valence-electron chi connectivity index (χ0n) is 4.97. The van der Waals surface area contributed by atoms with Gasteiger partial charge in [-0.2, -0.15) is 0 Å². The van der Waals surface area contributed by atoms with Gasteiger partial charge in [0, 0.05) is 14.2 Å². The molecule has 6 heteroatoms. The largest absolute Gasteiger partial charge is 3.00 e. The summed E-state index contributed by atoms with van der Waals surface area (Å²) in [5, 5.41) is 0. The van der Waals surface area contributed by atoms with Gasteiger partial charge in [-0.1, -0.05) is 25.2 Å². The molecule has 0 aliphatic rings. The van der Waals surface area contributed by atoms with Gasteiger partial charge in [-0.3, -0.25) is 0 Å². The second-order valence-electron chi connectivity index (χ2n) is 1.04. The molecule has 0 unspecified atom stereocenters. The Kier molecular flexibility index (Phi) is 70.3. The minimum atomic E-state index is -0.0648. The van der Waals surface area contributed by atoms with Crippen molar-refractivity contribution in [1.29, 1.82) is 0 Å². The van der Waals surface area contributed by atoms with Crippen LogP contribution in [0.3, 0.4) is 0 Å². The van der Waals surface area contributed by atoms with Crippen LogP contribution in [0, 0.1) is 0 Å². The van der Waals surface area contributed by atoms with E-state index in [1.165, 1.54) is 0 Å². The third kappa shape index (κ3) is 23.4. The molecule has 0 saturated heterocycles. The third-order valence-electron chi connectivity index (χ3n) is 0.664. The monoisotopic (exact) mass is 162 g/mol. The van der Waals surface area contributed by atoms with Crippen LogP contribution in [0.15, 0.2) is 0 Å². The SMILES string of the molecule is COC(C)OC.[Al+3].[BH4-].[BH4-].[BH4-]. The first kappa shape index (κ1) is 31.1. The number of hydrogen-bond donors (Lipinski definition) is 0. The predicted molar refractivity (Wildman–Crippen MR) is 63.2 cm³/mol. The number of ether oxygens (including phenoxy) is 2. The molecule has 2 nitrogen and oxygen atoms in total. The standard InChI is InChI=1S/C4H10O2.Al.3BH4/c1-4(5-2)6-3;;;;/h4H,1-3H3;;3*1H4/q;+3;3*-1. The molecule has 62 valence electrons. The van der Waals surface area contributed by atoms with E-state index in [2.05, 4.69) is 9.47 Å². The van der Waals surface area contributed by atoms with Crippen LogP contribution in [-0.4, -0.2) is 63.1 Å². The smallest absolute Gasteiger partial charge is 0.356 e. The maximum atomic E-state index is 4.68. The summed E-state index contributed by atoms with van der Waals surface area (Å²) in [6.45, 7) is 1.83. The first-order chi connectivity index (χ1) is 2.81. The van der Waals surface area contributed by atoms with Crippen LogP contribution in [-0.2, 0) is 9.47 Å². The van der Waals surface area contributed by atoms with Gasteiger partial charge in [0.15, 0.2) is 6.29 Å². The average molecular weight is 162 g/mol. The summed E-state index contributed by atoms with van der Waals surface area (Å²) >= 11 is 0. The topological polar surface area (TPSA) is 18.5 Å². The summed E-state index contributed by atoms with van der Waals surface area (Å²) in [7, 11) is 3.21. The van der Waals surface area contributed by atoms with E-state index in [4.69, 9.17) is 0 Å². The molecule has 0 atom stereocenters. The minimum Gasteiger partial charge on any atom is -0.356 e. The normalized spacial score (nSPS) is 6.00. The van der Waals surface area contributed by atoms with Crippen molar-refractivity contribution in [2.45, 2.75) is 13.2 Å². The molecule has 0 aromatic heterocycles. The van der Waals surface area contributed by atoms with Crippen molar-refractivity contribution >= 4 is 42.6 Å². The fourth-order valence-electron chi connectivity index (χ4n) is 0.0962. The van der Waals surface area contributed by atoms with Gasteiger partial charge in [0.1, 0.15) is 0 Å². The molecular formula is C4H22AlB3O2. The van der Waals surface area contributed by atoms with Gasteiger partial charge >= 0.3 is 17.4 Å². The molecule has 0 heterocycles. The Morgan fingerprint density at radius 3 is 1.10 bits per heavy atom. The van der Waals surface area contributed by atoms with E-state index < -0.39 is 0 Å². The first-order valence-corrected chi connectivity index (χ1v) is 1.87. The molecular weight excluding hydrogens is 139 g/mol. The summed E-state index contributed by atoms with van der Waals surface area (Å²) < 4.78 is 9.35. The second kappa shape index (κ2) is 22.6. The van der Waals surface area contributed by atoms with Crippen molar-refractivity contribution in [3.63, 3.8) is 0 Å². The molecule has 10 heavy (non-hydrogen) atoms. The van der Waals surface area contributed by atoms with E-state index >= 15 is 0 Å². The molecule has 0 fully saturated rings. The summed E-state index contributed by atoms with van der Waals surface area (Å²) in [6, 6.07) is 0. The zero-order valence-corrected chi connectivity index (χ0v) is 6.13. The molecule has 0 aliphatic heterocycles. The van der Waals surface area contributed by atoms with E-state index in [0.717, 1.165) is 0 Å². The van der Waals surface area contributed by atoms with Gasteiger partial charge < -0.3 is 9.47 Å². The van der Waals surface area contributed by atoms with Gasteiger partial charge in [-0.05, 0) is 6.92 Å². The summed E-state index contributed by atoms with van der Waals surface area (Å²) in [5.74, 6) is 0. The molecule has 0 aromatic carbocycles. The van der Waals surface area contributed by atoms with Crippen molar-refractivity contribution in [3.05, 3.63) is 0 Å². The van der Waals surface area contributed by atoms with E-state index in [-0.39, 0.29) is 48.9 Å². The van der Waals surface area contributed by atoms with Gasteiger partial charge in [0.05, 0.1) is 0 Å². The van der Waals surface area contributed by atoms with Crippen LogP contribution in [0.5, 0.6) is 0 Å². The van der Waals surface area contributed by atoms with Crippen LogP contribution >= 0.6 is 0 Å². The first-order valence-electron chi connectivity index (χ1n) is 1.87. The van der Waals surface area contributed by atoms with Crippen LogP contribution < -0.4 is 0 Å². The fourth-order valence-corrected chi connectivity index (χ4v) is 0.0962. The van der Waals surface area contributed by atoms with Crippen molar-refractivity contribution in [1.82, 2.24) is 0 Å². The van der Waals surface area contributed by atoms with Crippen LogP contribution in [0.25, 0.3) is 0 Å². The fraction of sp³-hybridized carbons (Fsp3) is 1.00. The Morgan fingerprint density at radius 2 is 1.10 bits per heavy atom. The molecule has 0 saturated carbocycles. The van der Waals surface area contributed by atoms with Gasteiger partial charge in [0.25, 0.3) is 0 Å². The van der Waals surface area contributed by atoms with E-state index in [0.29, 0.717) is 0 Å². The molecule has 0 radical (unpaired) electrons. The molecule has 0 bridgehead atoms. The summed E-state index contributed by atoms with van der Waals surface area (Å²) in [6.07, 6.45) is -0.0648. The summed E-state index contributed by atoms with van der Waals surface area (Å²) in [5.41, 5.74) is 0. The Bertz CT molecular complexity index is 37.7. The predicted octanol–water partition coefficient (Wildman–Crippen LogP) is -4.11. The Hall–Kier alpha value is 0.647. The van der Waals surface area contributed by atoms with Crippen molar-refractivity contribution in [3.8, 4) is 0 Å². The van der Waals surface area contributed by atoms with E-state index in [1.807, 2.05) is 6.92 Å². The third-order valence-corrected chi connectivity index (χ3v) is 0.664. The van der Waals surface area contributed by atoms with Crippen LogP contribution in [0.2, 0.25) is 0 Å². The molecule has 0 spiro atoms. The van der Waals surface area contributed by atoms with E-state index in [1.54, 1.807) is 14.2 Å². The second-order valence-corrected chi connectivity index (χ2v) is 1.04. The Balaban J connectivity index is -0.0000000208. The minimum absolute atomic E-state index is 0. The van der Waals surface area contributed by atoms with Gasteiger partial charge in [-0.15, -0.1) is 0 Å². The Labute approximate surface area is 79.9 Å². The van der Waals surface area contributed by atoms with Gasteiger partial charge in [0.2, 0.25) is 0 Å². The maximum Gasteiger partial charge on any atom is 3.00 e. The average Bonchev–Trinajstić information content (AvgIpc) is 1.65.